The van der Waals surface area contributed by atoms with Crippen LogP contribution in [0.1, 0.15) is 27.4 Å². The van der Waals surface area contributed by atoms with Crippen molar-refractivity contribution in [1.82, 2.24) is 24.7 Å². The molecule has 0 atom stereocenters. The molecule has 32 heavy (non-hydrogen) atoms. The largest absolute Gasteiger partial charge is 0.389 e. The van der Waals surface area contributed by atoms with E-state index in [1.165, 1.54) is 16.9 Å². The highest BCUT2D eigenvalue weighted by Gasteiger charge is 2.28. The third kappa shape index (κ3) is 4.77. The maximum atomic E-state index is 13.1. The van der Waals surface area contributed by atoms with Crippen LogP contribution in [0, 0.1) is 17.0 Å². The lowest BCUT2D eigenvalue weighted by molar-refractivity contribution is -0.389. The maximum Gasteiger partial charge on any atom is 0.389 e. The summed E-state index contributed by atoms with van der Waals surface area (Å²) >= 11 is 12.2. The van der Waals surface area contributed by atoms with Gasteiger partial charge in [-0.25, -0.2) is 0 Å². The van der Waals surface area contributed by atoms with Gasteiger partial charge >= 0.3 is 5.82 Å². The van der Waals surface area contributed by atoms with Gasteiger partial charge < -0.3 is 19.5 Å². The van der Waals surface area contributed by atoms with Crippen LogP contribution >= 0.6 is 23.2 Å². The summed E-state index contributed by atoms with van der Waals surface area (Å²) in [7, 11) is 0. The Bertz CT molecular complexity index is 1150. The Kier molecular flexibility index (Phi) is 6.45. The highest BCUT2D eigenvalue weighted by molar-refractivity contribution is 6.35. The van der Waals surface area contributed by atoms with Crippen LogP contribution in [-0.2, 0) is 13.1 Å². The normalized spacial score (nSPS) is 14.7. The third-order valence-corrected chi connectivity index (χ3v) is 5.98. The highest BCUT2D eigenvalue weighted by atomic mass is 35.5. The molecule has 10 nitrogen and oxygen atoms in total. The topological polar surface area (TPSA) is 111 Å². The number of aromatic nitrogens is 3. The van der Waals surface area contributed by atoms with Gasteiger partial charge in [0.1, 0.15) is 5.76 Å². The smallest absolute Gasteiger partial charge is 0.361 e. The van der Waals surface area contributed by atoms with Crippen LogP contribution in [0.5, 0.6) is 0 Å². The van der Waals surface area contributed by atoms with E-state index in [0.29, 0.717) is 54.1 Å². The molecule has 2 aromatic heterocycles. The van der Waals surface area contributed by atoms with E-state index in [4.69, 9.17) is 27.7 Å². The Morgan fingerprint density at radius 2 is 1.94 bits per heavy atom. The van der Waals surface area contributed by atoms with Gasteiger partial charge in [0.15, 0.2) is 5.69 Å². The van der Waals surface area contributed by atoms with Crippen LogP contribution in [0.3, 0.4) is 0 Å². The van der Waals surface area contributed by atoms with Crippen LogP contribution < -0.4 is 0 Å². The van der Waals surface area contributed by atoms with Crippen molar-refractivity contribution in [3.8, 4) is 0 Å². The standard InChI is InChI=1S/C20H20Cl2N6O4/c1-13-16(12-27-5-4-18(23-27)28(30)31)19(24-32-13)20(29)26-8-6-25(7-9-26)11-14-2-3-15(21)10-17(14)22/h2-5,10H,6-9,11-12H2,1H3. The summed E-state index contributed by atoms with van der Waals surface area (Å²) < 4.78 is 6.64. The predicted molar refractivity (Wildman–Crippen MR) is 117 cm³/mol. The summed E-state index contributed by atoms with van der Waals surface area (Å²) in [6, 6.07) is 6.74. The van der Waals surface area contributed by atoms with E-state index in [1.54, 1.807) is 17.9 Å². The van der Waals surface area contributed by atoms with Crippen molar-refractivity contribution < 1.29 is 14.2 Å². The molecular weight excluding hydrogens is 459 g/mol. The minimum atomic E-state index is -0.570. The lowest BCUT2D eigenvalue weighted by atomic mass is 10.1. The zero-order chi connectivity index (χ0) is 22.8. The molecule has 0 N–H and O–H groups in total. The van der Waals surface area contributed by atoms with Gasteiger partial charge in [0.05, 0.1) is 29.5 Å². The fraction of sp³-hybridized carbons (Fsp3) is 0.350. The molecular formula is C20H20Cl2N6O4. The molecule has 3 aromatic rings. The molecule has 0 radical (unpaired) electrons. The Labute approximate surface area is 193 Å². The summed E-state index contributed by atoms with van der Waals surface area (Å²) in [5.74, 6) is -0.0194. The summed E-state index contributed by atoms with van der Waals surface area (Å²) in [5, 5.41) is 19.9. The van der Waals surface area contributed by atoms with Crippen LogP contribution in [0.15, 0.2) is 35.0 Å². The Balaban J connectivity index is 1.40. The van der Waals surface area contributed by atoms with E-state index in [-0.39, 0.29) is 24.0 Å². The second-order valence-electron chi connectivity index (χ2n) is 7.50. The Hall–Kier alpha value is -2.95. The van der Waals surface area contributed by atoms with Gasteiger partial charge in [-0.05, 0) is 29.5 Å². The Morgan fingerprint density at radius 3 is 2.59 bits per heavy atom. The zero-order valence-corrected chi connectivity index (χ0v) is 18.7. The Morgan fingerprint density at radius 1 is 1.19 bits per heavy atom. The van der Waals surface area contributed by atoms with Gasteiger partial charge in [-0.3, -0.25) is 9.69 Å². The first-order chi connectivity index (χ1) is 15.3. The van der Waals surface area contributed by atoms with Crippen LogP contribution in [0.2, 0.25) is 10.0 Å². The average molecular weight is 479 g/mol. The van der Waals surface area contributed by atoms with E-state index < -0.39 is 4.92 Å². The molecule has 1 aromatic carbocycles. The number of nitro groups is 1. The first-order valence-electron chi connectivity index (χ1n) is 9.90. The average Bonchev–Trinajstić information content (AvgIpc) is 3.38. The molecule has 3 heterocycles. The van der Waals surface area contributed by atoms with Gasteiger partial charge in [0, 0.05) is 42.8 Å². The number of amides is 1. The molecule has 1 fully saturated rings. The molecule has 0 aliphatic carbocycles. The summed E-state index contributed by atoms with van der Waals surface area (Å²) in [6.45, 7) is 4.95. The molecule has 4 rings (SSSR count). The van der Waals surface area contributed by atoms with E-state index in [2.05, 4.69) is 15.2 Å². The number of benzene rings is 1. The second-order valence-corrected chi connectivity index (χ2v) is 8.34. The monoisotopic (exact) mass is 478 g/mol. The van der Waals surface area contributed by atoms with Crippen molar-refractivity contribution in [3.05, 3.63) is 73.2 Å². The number of carbonyl (C=O) groups is 1. The third-order valence-electron chi connectivity index (χ3n) is 5.39. The molecule has 1 aliphatic rings. The molecule has 168 valence electrons. The number of aryl methyl sites for hydroxylation is 1. The second kappa shape index (κ2) is 9.27. The summed E-state index contributed by atoms with van der Waals surface area (Å²) in [6.07, 6.45) is 1.49. The van der Waals surface area contributed by atoms with Crippen LogP contribution in [0.25, 0.3) is 0 Å². The number of halogens is 2. The lowest BCUT2D eigenvalue weighted by Crippen LogP contribution is -2.48. The number of nitrogens with zero attached hydrogens (tertiary/aromatic N) is 6. The van der Waals surface area contributed by atoms with Gasteiger partial charge in [0.25, 0.3) is 5.91 Å². The number of hydrogen-bond donors (Lipinski definition) is 0. The quantitative estimate of drug-likeness (QED) is 0.394. The van der Waals surface area contributed by atoms with Crippen molar-refractivity contribution in [2.24, 2.45) is 0 Å². The van der Waals surface area contributed by atoms with E-state index in [1.807, 2.05) is 12.1 Å². The lowest BCUT2D eigenvalue weighted by Gasteiger charge is -2.34. The van der Waals surface area contributed by atoms with Gasteiger partial charge in [-0.1, -0.05) is 34.4 Å². The SMILES string of the molecule is Cc1onc(C(=O)N2CCN(Cc3ccc(Cl)cc3Cl)CC2)c1Cn1ccc([N+](=O)[O-])n1. The van der Waals surface area contributed by atoms with Crippen molar-refractivity contribution >= 4 is 34.9 Å². The predicted octanol–water partition coefficient (Wildman–Crippen LogP) is 3.40. The number of carbonyl (C=O) groups excluding carboxylic acids is 1. The molecule has 1 amide bonds. The fourth-order valence-electron chi connectivity index (χ4n) is 3.59. The molecule has 0 bridgehead atoms. The molecule has 12 heteroatoms. The molecule has 0 unspecified atom stereocenters. The van der Waals surface area contributed by atoms with Crippen molar-refractivity contribution in [2.75, 3.05) is 26.2 Å². The minimum Gasteiger partial charge on any atom is -0.361 e. The first kappa shape index (κ1) is 22.3. The van der Waals surface area contributed by atoms with Crippen molar-refractivity contribution in [3.63, 3.8) is 0 Å². The first-order valence-corrected chi connectivity index (χ1v) is 10.7. The molecule has 0 saturated carbocycles. The van der Waals surface area contributed by atoms with Gasteiger partial charge in [0.2, 0.25) is 0 Å². The van der Waals surface area contributed by atoms with Gasteiger partial charge in [-0.15, -0.1) is 0 Å². The molecule has 0 spiro atoms. The van der Waals surface area contributed by atoms with Crippen molar-refractivity contribution in [1.29, 1.82) is 0 Å². The van der Waals surface area contributed by atoms with Gasteiger partial charge in [-0.2, -0.15) is 4.68 Å². The van der Waals surface area contributed by atoms with Crippen LogP contribution in [0.4, 0.5) is 5.82 Å². The summed E-state index contributed by atoms with van der Waals surface area (Å²) in [4.78, 5) is 27.3. The number of rotatable bonds is 6. The maximum absolute atomic E-state index is 13.1. The number of piperazine rings is 1. The summed E-state index contributed by atoms with van der Waals surface area (Å²) in [5.41, 5.74) is 1.75. The molecule has 1 aliphatic heterocycles. The van der Waals surface area contributed by atoms with Crippen molar-refractivity contribution in [2.45, 2.75) is 20.0 Å². The molecule has 1 saturated heterocycles. The van der Waals surface area contributed by atoms with E-state index >= 15 is 0 Å². The minimum absolute atomic E-state index is 0.152. The number of hydrogen-bond acceptors (Lipinski definition) is 7. The zero-order valence-electron chi connectivity index (χ0n) is 17.2. The van der Waals surface area contributed by atoms with E-state index in [0.717, 1.165) is 5.56 Å². The van der Waals surface area contributed by atoms with E-state index in [9.17, 15) is 14.9 Å². The van der Waals surface area contributed by atoms with Crippen LogP contribution in [-0.4, -0.2) is 61.7 Å². The highest BCUT2D eigenvalue weighted by Crippen LogP contribution is 2.23. The fourth-order valence-corrected chi connectivity index (χ4v) is 4.06.